The molecule has 0 aliphatic carbocycles. The largest absolute Gasteiger partial charge is 0.497 e. The standard InChI is InChI=1S/C24H20N4O/c1-29-18-13-11-17(12-14-18)23-19(24-25-20-9-5-6-10-21(20)26-24)15-22(27-28-23)16-7-3-2-4-8-16/h2-14,28H,15H2,1H3,(H,25,26). The summed E-state index contributed by atoms with van der Waals surface area (Å²) in [6, 6.07) is 26.3. The van der Waals surface area contributed by atoms with Crippen LogP contribution in [0.2, 0.25) is 0 Å². The molecule has 0 spiro atoms. The van der Waals surface area contributed by atoms with Crippen LogP contribution in [0.3, 0.4) is 0 Å². The minimum Gasteiger partial charge on any atom is -0.497 e. The van der Waals surface area contributed by atoms with Crippen LogP contribution in [-0.2, 0) is 0 Å². The number of ether oxygens (including phenoxy) is 1. The van der Waals surface area contributed by atoms with Gasteiger partial charge in [-0.3, -0.25) is 5.43 Å². The van der Waals surface area contributed by atoms with Gasteiger partial charge in [-0.2, -0.15) is 5.10 Å². The van der Waals surface area contributed by atoms with Gasteiger partial charge in [-0.25, -0.2) is 4.98 Å². The molecular weight excluding hydrogens is 360 g/mol. The quantitative estimate of drug-likeness (QED) is 0.533. The lowest BCUT2D eigenvalue weighted by atomic mass is 9.96. The first-order chi connectivity index (χ1) is 14.3. The number of hydrazone groups is 1. The number of fused-ring (bicyclic) bond motifs is 1. The number of para-hydroxylation sites is 2. The Labute approximate surface area is 168 Å². The first-order valence-electron chi connectivity index (χ1n) is 9.52. The van der Waals surface area contributed by atoms with E-state index in [9.17, 15) is 0 Å². The first kappa shape index (κ1) is 17.3. The number of benzene rings is 3. The smallest absolute Gasteiger partial charge is 0.136 e. The molecule has 4 aromatic rings. The van der Waals surface area contributed by atoms with Crippen molar-refractivity contribution in [2.24, 2.45) is 5.10 Å². The highest BCUT2D eigenvalue weighted by molar-refractivity contribution is 6.11. The molecule has 3 aromatic carbocycles. The second kappa shape index (κ2) is 7.28. The topological polar surface area (TPSA) is 62.3 Å². The van der Waals surface area contributed by atoms with Gasteiger partial charge in [0.15, 0.2) is 0 Å². The lowest BCUT2D eigenvalue weighted by Crippen LogP contribution is -2.19. The molecule has 0 fully saturated rings. The Kier molecular flexibility index (Phi) is 4.33. The SMILES string of the molecule is COc1ccc(C2=C(c3nc4ccccc4[nH]3)CC(c3ccccc3)=NN2)cc1. The molecule has 1 aliphatic rings. The van der Waals surface area contributed by atoms with E-state index in [1.807, 2.05) is 66.7 Å². The number of imidazole rings is 1. The van der Waals surface area contributed by atoms with Gasteiger partial charge in [-0.1, -0.05) is 42.5 Å². The third-order valence-corrected chi connectivity index (χ3v) is 5.11. The Morgan fingerprint density at radius 1 is 0.828 bits per heavy atom. The highest BCUT2D eigenvalue weighted by Crippen LogP contribution is 2.32. The van der Waals surface area contributed by atoms with E-state index in [0.29, 0.717) is 6.42 Å². The van der Waals surface area contributed by atoms with Crippen molar-refractivity contribution in [3.05, 3.63) is 95.8 Å². The van der Waals surface area contributed by atoms with E-state index in [1.165, 1.54) is 0 Å². The Hall–Kier alpha value is -3.86. The molecule has 0 radical (unpaired) electrons. The van der Waals surface area contributed by atoms with Gasteiger partial charge in [0.2, 0.25) is 0 Å². The zero-order valence-corrected chi connectivity index (χ0v) is 16.0. The van der Waals surface area contributed by atoms with Crippen LogP contribution in [0, 0.1) is 0 Å². The minimum absolute atomic E-state index is 0.679. The average molecular weight is 380 g/mol. The fourth-order valence-corrected chi connectivity index (χ4v) is 3.58. The molecular formula is C24H20N4O. The number of aromatic nitrogens is 2. The van der Waals surface area contributed by atoms with Crippen LogP contribution < -0.4 is 10.2 Å². The van der Waals surface area contributed by atoms with Crippen LogP contribution in [0.5, 0.6) is 5.75 Å². The molecule has 0 bridgehead atoms. The maximum atomic E-state index is 5.30. The van der Waals surface area contributed by atoms with Gasteiger partial charge in [0.1, 0.15) is 11.6 Å². The molecule has 2 heterocycles. The molecule has 0 saturated heterocycles. The van der Waals surface area contributed by atoms with E-state index in [1.54, 1.807) is 7.11 Å². The predicted octanol–water partition coefficient (Wildman–Crippen LogP) is 4.84. The zero-order chi connectivity index (χ0) is 19.6. The number of H-pyrrole nitrogens is 1. The molecule has 1 aromatic heterocycles. The van der Waals surface area contributed by atoms with Crippen molar-refractivity contribution < 1.29 is 4.74 Å². The summed E-state index contributed by atoms with van der Waals surface area (Å²) < 4.78 is 5.30. The maximum absolute atomic E-state index is 5.30. The van der Waals surface area contributed by atoms with Crippen molar-refractivity contribution in [3.63, 3.8) is 0 Å². The van der Waals surface area contributed by atoms with Gasteiger partial charge in [0.25, 0.3) is 0 Å². The average Bonchev–Trinajstić information content (AvgIpc) is 3.24. The molecule has 5 rings (SSSR count). The summed E-state index contributed by atoms with van der Waals surface area (Å²) in [6.07, 6.45) is 0.679. The number of methoxy groups -OCH3 is 1. The van der Waals surface area contributed by atoms with Crippen LogP contribution in [0.4, 0.5) is 0 Å². The Morgan fingerprint density at radius 2 is 1.59 bits per heavy atom. The lowest BCUT2D eigenvalue weighted by Gasteiger charge is -2.21. The van der Waals surface area contributed by atoms with Crippen LogP contribution >= 0.6 is 0 Å². The second-order valence-electron chi connectivity index (χ2n) is 6.90. The fraction of sp³-hybridized carbons (Fsp3) is 0.0833. The van der Waals surface area contributed by atoms with Crippen molar-refractivity contribution in [3.8, 4) is 5.75 Å². The second-order valence-corrected chi connectivity index (χ2v) is 6.90. The van der Waals surface area contributed by atoms with E-state index >= 15 is 0 Å². The van der Waals surface area contributed by atoms with Crippen molar-refractivity contribution in [1.29, 1.82) is 0 Å². The summed E-state index contributed by atoms with van der Waals surface area (Å²) >= 11 is 0. The first-order valence-corrected chi connectivity index (χ1v) is 9.52. The summed E-state index contributed by atoms with van der Waals surface area (Å²) in [5.74, 6) is 1.68. The molecule has 142 valence electrons. The molecule has 0 saturated carbocycles. The normalized spacial score (nSPS) is 13.9. The summed E-state index contributed by atoms with van der Waals surface area (Å²) in [7, 11) is 1.67. The number of rotatable bonds is 4. The zero-order valence-electron chi connectivity index (χ0n) is 16.0. The monoisotopic (exact) mass is 380 g/mol. The van der Waals surface area contributed by atoms with Crippen LogP contribution in [0.25, 0.3) is 22.3 Å². The predicted molar refractivity (Wildman–Crippen MR) is 117 cm³/mol. The summed E-state index contributed by atoms with van der Waals surface area (Å²) in [6.45, 7) is 0. The number of hydrogen-bond acceptors (Lipinski definition) is 4. The van der Waals surface area contributed by atoms with E-state index in [2.05, 4.69) is 27.6 Å². The van der Waals surface area contributed by atoms with Gasteiger partial charge in [-0.05, 0) is 42.0 Å². The van der Waals surface area contributed by atoms with Gasteiger partial charge in [0.05, 0.1) is 29.6 Å². The maximum Gasteiger partial charge on any atom is 0.136 e. The van der Waals surface area contributed by atoms with Crippen LogP contribution in [0.15, 0.2) is 84.0 Å². The lowest BCUT2D eigenvalue weighted by molar-refractivity contribution is 0.415. The molecule has 1 aliphatic heterocycles. The highest BCUT2D eigenvalue weighted by Gasteiger charge is 2.22. The molecule has 0 atom stereocenters. The third-order valence-electron chi connectivity index (χ3n) is 5.11. The van der Waals surface area contributed by atoms with E-state index in [4.69, 9.17) is 9.72 Å². The number of nitrogens with zero attached hydrogens (tertiary/aromatic N) is 2. The van der Waals surface area contributed by atoms with Crippen molar-refractivity contribution in [2.45, 2.75) is 6.42 Å². The van der Waals surface area contributed by atoms with E-state index in [0.717, 1.165) is 50.7 Å². The van der Waals surface area contributed by atoms with Gasteiger partial charge in [0, 0.05) is 17.6 Å². The van der Waals surface area contributed by atoms with Crippen LogP contribution in [0.1, 0.15) is 23.4 Å². The number of aromatic amines is 1. The van der Waals surface area contributed by atoms with Gasteiger partial charge < -0.3 is 9.72 Å². The Balaban J connectivity index is 1.62. The highest BCUT2D eigenvalue weighted by atomic mass is 16.5. The summed E-state index contributed by atoms with van der Waals surface area (Å²) in [4.78, 5) is 8.31. The number of allylic oxidation sites excluding steroid dienone is 1. The van der Waals surface area contributed by atoms with E-state index < -0.39 is 0 Å². The number of hydrogen-bond donors (Lipinski definition) is 2. The number of nitrogens with one attached hydrogen (secondary N) is 2. The molecule has 5 nitrogen and oxygen atoms in total. The van der Waals surface area contributed by atoms with Gasteiger partial charge in [-0.15, -0.1) is 0 Å². The van der Waals surface area contributed by atoms with Crippen LogP contribution in [-0.4, -0.2) is 22.8 Å². The molecule has 0 amide bonds. The summed E-state index contributed by atoms with van der Waals surface area (Å²) in [5, 5.41) is 4.67. The van der Waals surface area contributed by atoms with E-state index in [-0.39, 0.29) is 0 Å². The van der Waals surface area contributed by atoms with Crippen molar-refractivity contribution >= 4 is 28.0 Å². The minimum atomic E-state index is 0.679. The van der Waals surface area contributed by atoms with Crippen molar-refractivity contribution in [1.82, 2.24) is 15.4 Å². The Morgan fingerprint density at radius 3 is 2.34 bits per heavy atom. The molecule has 0 unspecified atom stereocenters. The molecule has 29 heavy (non-hydrogen) atoms. The summed E-state index contributed by atoms with van der Waals surface area (Å²) in [5.41, 5.74) is 10.4. The molecule has 5 heteroatoms. The fourth-order valence-electron chi connectivity index (χ4n) is 3.58. The van der Waals surface area contributed by atoms with Gasteiger partial charge >= 0.3 is 0 Å². The van der Waals surface area contributed by atoms with Crippen molar-refractivity contribution in [2.75, 3.05) is 7.11 Å². The molecule has 2 N–H and O–H groups in total. The third kappa shape index (κ3) is 3.27. The Bertz CT molecular complexity index is 1190.